The maximum absolute atomic E-state index is 13.4. The van der Waals surface area contributed by atoms with Crippen molar-refractivity contribution in [2.75, 3.05) is 26.2 Å². The molecule has 1 amide bonds. The third kappa shape index (κ3) is 2.06. The molecular weight excluding hydrogens is 299 g/mol. The second kappa shape index (κ2) is 4.63. The first-order valence-corrected chi connectivity index (χ1v) is 6.89. The summed E-state index contributed by atoms with van der Waals surface area (Å²) < 4.78 is 13.8. The predicted molar refractivity (Wildman–Crippen MR) is 69.9 cm³/mol. The Labute approximate surface area is 113 Å². The first kappa shape index (κ1) is 12.1. The van der Waals surface area contributed by atoms with E-state index < -0.39 is 0 Å². The van der Waals surface area contributed by atoms with Crippen molar-refractivity contribution in [3.8, 4) is 0 Å². The van der Waals surface area contributed by atoms with Crippen molar-refractivity contribution in [3.63, 3.8) is 0 Å². The van der Waals surface area contributed by atoms with E-state index in [0.29, 0.717) is 21.9 Å². The average molecular weight is 313 g/mol. The van der Waals surface area contributed by atoms with Crippen LogP contribution < -0.4 is 5.32 Å². The van der Waals surface area contributed by atoms with Gasteiger partial charge in [-0.05, 0) is 46.0 Å². The van der Waals surface area contributed by atoms with Gasteiger partial charge >= 0.3 is 0 Å². The van der Waals surface area contributed by atoms with E-state index in [-0.39, 0.29) is 11.7 Å². The van der Waals surface area contributed by atoms with Crippen LogP contribution in [-0.2, 0) is 0 Å². The number of benzene rings is 1. The SMILES string of the molecule is O=C(c1ccc(Br)c(F)c1)N1CC2CNCC2C1. The highest BCUT2D eigenvalue weighted by Crippen LogP contribution is 2.28. The van der Waals surface area contributed by atoms with Crippen molar-refractivity contribution in [3.05, 3.63) is 34.1 Å². The Morgan fingerprint density at radius 1 is 1.33 bits per heavy atom. The van der Waals surface area contributed by atoms with E-state index in [1.165, 1.54) is 6.07 Å². The van der Waals surface area contributed by atoms with Crippen molar-refractivity contribution < 1.29 is 9.18 Å². The lowest BCUT2D eigenvalue weighted by atomic mass is 10.0. The number of carbonyl (C=O) groups excluding carboxylic acids is 1. The average Bonchev–Trinajstić information content (AvgIpc) is 2.92. The van der Waals surface area contributed by atoms with Gasteiger partial charge in [0, 0.05) is 31.7 Å². The van der Waals surface area contributed by atoms with Gasteiger partial charge in [0.1, 0.15) is 5.82 Å². The highest BCUT2D eigenvalue weighted by molar-refractivity contribution is 9.10. The summed E-state index contributed by atoms with van der Waals surface area (Å²) in [5.74, 6) is 0.682. The molecule has 2 atom stereocenters. The third-order valence-corrected chi connectivity index (χ3v) is 4.49. The van der Waals surface area contributed by atoms with Crippen molar-refractivity contribution in [1.82, 2.24) is 10.2 Å². The van der Waals surface area contributed by atoms with Gasteiger partial charge in [0.05, 0.1) is 4.47 Å². The molecule has 0 bridgehead atoms. The van der Waals surface area contributed by atoms with Crippen LogP contribution in [0.1, 0.15) is 10.4 Å². The van der Waals surface area contributed by atoms with Crippen molar-refractivity contribution in [2.24, 2.45) is 11.8 Å². The zero-order valence-corrected chi connectivity index (χ0v) is 11.4. The van der Waals surface area contributed by atoms with Crippen LogP contribution in [-0.4, -0.2) is 37.0 Å². The molecular formula is C13H14BrFN2O. The van der Waals surface area contributed by atoms with E-state index in [0.717, 1.165) is 26.2 Å². The first-order valence-electron chi connectivity index (χ1n) is 6.10. The Kier molecular flexibility index (Phi) is 3.11. The largest absolute Gasteiger partial charge is 0.338 e. The molecule has 18 heavy (non-hydrogen) atoms. The Balaban J connectivity index is 1.77. The van der Waals surface area contributed by atoms with Crippen LogP contribution in [0.15, 0.2) is 22.7 Å². The molecule has 1 aromatic rings. The summed E-state index contributed by atoms with van der Waals surface area (Å²) in [5.41, 5.74) is 0.434. The third-order valence-electron chi connectivity index (χ3n) is 3.84. The number of hydrogen-bond donors (Lipinski definition) is 1. The van der Waals surface area contributed by atoms with E-state index >= 15 is 0 Å². The lowest BCUT2D eigenvalue weighted by Gasteiger charge is -2.17. The molecule has 3 nitrogen and oxygen atoms in total. The molecule has 0 aliphatic carbocycles. The van der Waals surface area contributed by atoms with Gasteiger partial charge in [-0.3, -0.25) is 4.79 Å². The molecule has 2 heterocycles. The zero-order valence-electron chi connectivity index (χ0n) is 9.83. The number of likely N-dealkylation sites (tertiary alicyclic amines) is 1. The molecule has 2 aliphatic rings. The molecule has 3 rings (SSSR count). The number of rotatable bonds is 1. The van der Waals surface area contributed by atoms with Gasteiger partial charge in [-0.15, -0.1) is 0 Å². The van der Waals surface area contributed by atoms with Gasteiger partial charge in [-0.1, -0.05) is 0 Å². The fraction of sp³-hybridized carbons (Fsp3) is 0.462. The number of halogens is 2. The van der Waals surface area contributed by atoms with Crippen molar-refractivity contribution in [2.45, 2.75) is 0 Å². The molecule has 5 heteroatoms. The molecule has 1 N–H and O–H groups in total. The molecule has 0 aromatic heterocycles. The topological polar surface area (TPSA) is 32.3 Å². The van der Waals surface area contributed by atoms with Crippen LogP contribution >= 0.6 is 15.9 Å². The fourth-order valence-electron chi connectivity index (χ4n) is 2.83. The van der Waals surface area contributed by atoms with Crippen LogP contribution in [0.5, 0.6) is 0 Å². The summed E-state index contributed by atoms with van der Waals surface area (Å²) >= 11 is 3.09. The van der Waals surface area contributed by atoms with Gasteiger partial charge < -0.3 is 10.2 Å². The highest BCUT2D eigenvalue weighted by Gasteiger charge is 2.38. The number of fused-ring (bicyclic) bond motifs is 1. The van der Waals surface area contributed by atoms with Crippen molar-refractivity contribution in [1.29, 1.82) is 0 Å². The van der Waals surface area contributed by atoms with Gasteiger partial charge in [0.15, 0.2) is 0 Å². The standard InChI is InChI=1S/C13H14BrFN2O/c14-11-2-1-8(3-12(11)15)13(18)17-6-9-4-16-5-10(9)7-17/h1-3,9-10,16H,4-7H2. The summed E-state index contributed by atoms with van der Waals surface area (Å²) in [6.45, 7) is 3.55. The van der Waals surface area contributed by atoms with Crippen molar-refractivity contribution >= 4 is 21.8 Å². The number of amides is 1. The fourth-order valence-corrected chi connectivity index (χ4v) is 3.08. The smallest absolute Gasteiger partial charge is 0.253 e. The summed E-state index contributed by atoms with van der Waals surface area (Å²) in [6.07, 6.45) is 0. The van der Waals surface area contributed by atoms with Crippen LogP contribution in [0.4, 0.5) is 4.39 Å². The molecule has 1 aromatic carbocycles. The van der Waals surface area contributed by atoms with E-state index in [1.807, 2.05) is 4.90 Å². The Morgan fingerprint density at radius 2 is 2.00 bits per heavy atom. The number of carbonyl (C=O) groups is 1. The van der Waals surface area contributed by atoms with Gasteiger partial charge in [-0.2, -0.15) is 0 Å². The molecule has 2 unspecified atom stereocenters. The number of nitrogens with zero attached hydrogens (tertiary/aromatic N) is 1. The van der Waals surface area contributed by atoms with E-state index in [4.69, 9.17) is 0 Å². The molecule has 2 saturated heterocycles. The minimum absolute atomic E-state index is 0.0594. The lowest BCUT2D eigenvalue weighted by molar-refractivity contribution is 0.0781. The van der Waals surface area contributed by atoms with E-state index in [2.05, 4.69) is 21.2 Å². The number of nitrogens with one attached hydrogen (secondary N) is 1. The molecule has 0 radical (unpaired) electrons. The Morgan fingerprint density at radius 3 is 2.61 bits per heavy atom. The second-order valence-corrected chi connectivity index (χ2v) is 5.87. The molecule has 96 valence electrons. The van der Waals surface area contributed by atoms with Crippen LogP contribution in [0.25, 0.3) is 0 Å². The minimum atomic E-state index is -0.387. The maximum Gasteiger partial charge on any atom is 0.253 e. The van der Waals surface area contributed by atoms with Crippen LogP contribution in [0.2, 0.25) is 0 Å². The van der Waals surface area contributed by atoms with Crippen LogP contribution in [0.3, 0.4) is 0 Å². The van der Waals surface area contributed by atoms with Gasteiger partial charge in [-0.25, -0.2) is 4.39 Å². The molecule has 2 aliphatic heterocycles. The first-order chi connectivity index (χ1) is 8.65. The monoisotopic (exact) mass is 312 g/mol. The van der Waals surface area contributed by atoms with Gasteiger partial charge in [0.2, 0.25) is 0 Å². The quantitative estimate of drug-likeness (QED) is 0.859. The predicted octanol–water partition coefficient (Wildman–Crippen LogP) is 1.88. The minimum Gasteiger partial charge on any atom is -0.338 e. The number of hydrogen-bond acceptors (Lipinski definition) is 2. The van der Waals surface area contributed by atoms with E-state index in [1.54, 1.807) is 12.1 Å². The van der Waals surface area contributed by atoms with E-state index in [9.17, 15) is 9.18 Å². The van der Waals surface area contributed by atoms with Crippen LogP contribution in [0, 0.1) is 17.7 Å². The van der Waals surface area contributed by atoms with Gasteiger partial charge in [0.25, 0.3) is 5.91 Å². The summed E-state index contributed by atoms with van der Waals surface area (Å²) in [4.78, 5) is 14.1. The second-order valence-electron chi connectivity index (χ2n) is 5.02. The summed E-state index contributed by atoms with van der Waals surface area (Å²) in [5, 5.41) is 3.34. The normalized spacial score (nSPS) is 26.4. The molecule has 0 saturated carbocycles. The Hall–Kier alpha value is -0.940. The molecule has 0 spiro atoms. The highest BCUT2D eigenvalue weighted by atomic mass is 79.9. The lowest BCUT2D eigenvalue weighted by Crippen LogP contribution is -2.31. The zero-order chi connectivity index (χ0) is 12.7. The Bertz CT molecular complexity index is 482. The summed E-state index contributed by atoms with van der Waals surface area (Å²) in [7, 11) is 0. The summed E-state index contributed by atoms with van der Waals surface area (Å²) in [6, 6.07) is 4.56. The maximum atomic E-state index is 13.4. The molecule has 2 fully saturated rings.